The van der Waals surface area contributed by atoms with Gasteiger partial charge in [0.05, 0.1) is 25.7 Å². The van der Waals surface area contributed by atoms with Gasteiger partial charge in [-0.05, 0) is 31.0 Å². The number of carbonyl (C=O) groups excluding carboxylic acids is 2. The number of esters is 1. The Hall–Kier alpha value is -0.723. The monoisotopic (exact) mass is 344 g/mol. The van der Waals surface area contributed by atoms with Crippen molar-refractivity contribution < 1.29 is 23.5 Å². The Bertz CT molecular complexity index is 441. The van der Waals surface area contributed by atoms with E-state index in [1.54, 1.807) is 6.92 Å². The van der Waals surface area contributed by atoms with Gasteiger partial charge in [-0.2, -0.15) is 0 Å². The second kappa shape index (κ2) is 7.45. The molecule has 1 saturated heterocycles. The van der Waals surface area contributed by atoms with Gasteiger partial charge in [0.1, 0.15) is 6.10 Å². The van der Waals surface area contributed by atoms with Crippen LogP contribution < -0.4 is 0 Å². The molecule has 0 N–H and O–H groups in total. The SMILES string of the molecule is COC(=O)[C@H](C)[C@H]1O[C@H](CO[Si](C)(C)C(C)(C)C)C(=O)C[C@@H]1C. The lowest BCUT2D eigenvalue weighted by molar-refractivity contribution is -0.170. The number of ether oxygens (including phenoxy) is 2. The average Bonchev–Trinajstić information content (AvgIpc) is 2.43. The first kappa shape index (κ1) is 20.3. The van der Waals surface area contributed by atoms with Crippen molar-refractivity contribution in [2.24, 2.45) is 11.8 Å². The third-order valence-corrected chi connectivity index (χ3v) is 9.73. The standard InChI is InChI=1S/C17H32O5Si/c1-11-9-13(18)14(10-21-23(7,8)17(3,4)5)22-15(11)12(2)16(19)20-6/h11-12,14-15H,9-10H2,1-8H3/t11-,12+,14+,15-/m0/s1. The molecule has 1 rings (SSSR count). The largest absolute Gasteiger partial charge is 0.469 e. The Morgan fingerprint density at radius 3 is 2.43 bits per heavy atom. The van der Waals surface area contributed by atoms with E-state index in [2.05, 4.69) is 33.9 Å². The molecule has 0 aromatic rings. The molecule has 0 aromatic heterocycles. The highest BCUT2D eigenvalue weighted by Crippen LogP contribution is 2.37. The Labute approximate surface area is 141 Å². The zero-order valence-electron chi connectivity index (χ0n) is 15.8. The van der Waals surface area contributed by atoms with E-state index in [1.807, 2.05) is 6.92 Å². The van der Waals surface area contributed by atoms with Gasteiger partial charge >= 0.3 is 5.97 Å². The van der Waals surface area contributed by atoms with Crippen LogP contribution in [0, 0.1) is 11.8 Å². The molecular formula is C17H32O5Si. The highest BCUT2D eigenvalue weighted by Gasteiger charge is 2.42. The van der Waals surface area contributed by atoms with E-state index in [0.717, 1.165) is 0 Å². The van der Waals surface area contributed by atoms with Gasteiger partial charge in [0.15, 0.2) is 14.1 Å². The summed E-state index contributed by atoms with van der Waals surface area (Å²) < 4.78 is 16.9. The molecule has 1 heterocycles. The predicted octanol–water partition coefficient (Wildman–Crippen LogP) is 3.18. The van der Waals surface area contributed by atoms with Gasteiger partial charge in [0.25, 0.3) is 0 Å². The molecule has 1 aliphatic rings. The van der Waals surface area contributed by atoms with Crippen LogP contribution in [-0.2, 0) is 23.5 Å². The predicted molar refractivity (Wildman–Crippen MR) is 91.8 cm³/mol. The maximum Gasteiger partial charge on any atom is 0.311 e. The van der Waals surface area contributed by atoms with Crippen LogP contribution in [0.25, 0.3) is 0 Å². The van der Waals surface area contributed by atoms with E-state index >= 15 is 0 Å². The number of hydrogen-bond donors (Lipinski definition) is 0. The Morgan fingerprint density at radius 1 is 1.39 bits per heavy atom. The van der Waals surface area contributed by atoms with Crippen molar-refractivity contribution in [3.05, 3.63) is 0 Å². The van der Waals surface area contributed by atoms with E-state index in [1.165, 1.54) is 7.11 Å². The molecular weight excluding hydrogens is 312 g/mol. The molecule has 0 saturated carbocycles. The Morgan fingerprint density at radius 2 is 1.96 bits per heavy atom. The van der Waals surface area contributed by atoms with Crippen LogP contribution in [0.5, 0.6) is 0 Å². The minimum Gasteiger partial charge on any atom is -0.469 e. The Kier molecular flexibility index (Phi) is 6.58. The number of methoxy groups -OCH3 is 1. The third kappa shape index (κ3) is 4.87. The quantitative estimate of drug-likeness (QED) is 0.566. The molecule has 1 fully saturated rings. The smallest absolute Gasteiger partial charge is 0.311 e. The van der Waals surface area contributed by atoms with Gasteiger partial charge in [-0.3, -0.25) is 9.59 Å². The van der Waals surface area contributed by atoms with Gasteiger partial charge in [-0.1, -0.05) is 27.7 Å². The van der Waals surface area contributed by atoms with Crippen LogP contribution in [0.1, 0.15) is 41.0 Å². The number of hydrogen-bond acceptors (Lipinski definition) is 5. The normalized spacial score (nSPS) is 27.7. The maximum atomic E-state index is 12.3. The summed E-state index contributed by atoms with van der Waals surface area (Å²) in [6.45, 7) is 14.8. The van der Waals surface area contributed by atoms with Crippen LogP contribution in [0.2, 0.25) is 18.1 Å². The fraction of sp³-hybridized carbons (Fsp3) is 0.882. The summed E-state index contributed by atoms with van der Waals surface area (Å²) in [7, 11) is -0.567. The first-order valence-corrected chi connectivity index (χ1v) is 11.2. The summed E-state index contributed by atoms with van der Waals surface area (Å²) in [5.41, 5.74) is 0. The van der Waals surface area contributed by atoms with Crippen molar-refractivity contribution >= 4 is 20.1 Å². The van der Waals surface area contributed by atoms with Gasteiger partial charge in [0.2, 0.25) is 0 Å². The summed E-state index contributed by atoms with van der Waals surface area (Å²) in [5.74, 6) is -0.635. The van der Waals surface area contributed by atoms with Gasteiger partial charge < -0.3 is 13.9 Å². The zero-order chi connectivity index (χ0) is 18.0. The first-order chi connectivity index (χ1) is 10.4. The van der Waals surface area contributed by atoms with Crippen molar-refractivity contribution in [3.8, 4) is 0 Å². The van der Waals surface area contributed by atoms with Gasteiger partial charge in [0, 0.05) is 6.42 Å². The van der Waals surface area contributed by atoms with Gasteiger partial charge in [-0.25, -0.2) is 0 Å². The number of ketones is 1. The van der Waals surface area contributed by atoms with Crippen LogP contribution in [0.15, 0.2) is 0 Å². The molecule has 6 heteroatoms. The van der Waals surface area contributed by atoms with Crippen LogP contribution in [-0.4, -0.2) is 46.0 Å². The molecule has 0 aromatic carbocycles. The van der Waals surface area contributed by atoms with Crippen LogP contribution >= 0.6 is 0 Å². The van der Waals surface area contributed by atoms with Crippen molar-refractivity contribution in [1.82, 2.24) is 0 Å². The number of rotatable bonds is 5. The lowest BCUT2D eigenvalue weighted by atomic mass is 9.86. The topological polar surface area (TPSA) is 61.8 Å². The van der Waals surface area contributed by atoms with E-state index < -0.39 is 20.3 Å². The second-order valence-electron chi connectivity index (χ2n) is 8.12. The summed E-state index contributed by atoms with van der Waals surface area (Å²) in [6.07, 6.45) is -0.483. The minimum absolute atomic E-state index is 0.000668. The highest BCUT2D eigenvalue weighted by atomic mass is 28.4. The van der Waals surface area contributed by atoms with E-state index in [0.29, 0.717) is 6.42 Å². The summed E-state index contributed by atoms with van der Waals surface area (Å²) in [5, 5.41) is 0.0801. The maximum absolute atomic E-state index is 12.3. The fourth-order valence-electron chi connectivity index (χ4n) is 2.53. The molecule has 4 atom stereocenters. The molecule has 0 unspecified atom stereocenters. The van der Waals surface area contributed by atoms with Crippen molar-refractivity contribution in [2.75, 3.05) is 13.7 Å². The summed E-state index contributed by atoms with van der Waals surface area (Å²) in [6, 6.07) is 0. The van der Waals surface area contributed by atoms with Crippen LogP contribution in [0.4, 0.5) is 0 Å². The summed E-state index contributed by atoms with van der Waals surface area (Å²) >= 11 is 0. The van der Waals surface area contributed by atoms with Gasteiger partial charge in [-0.15, -0.1) is 0 Å². The minimum atomic E-state index is -1.94. The third-order valence-electron chi connectivity index (χ3n) is 5.23. The average molecular weight is 345 g/mol. The van der Waals surface area contributed by atoms with Crippen molar-refractivity contribution in [3.63, 3.8) is 0 Å². The molecule has 0 amide bonds. The number of carbonyl (C=O) groups is 2. The van der Waals surface area contributed by atoms with Crippen LogP contribution in [0.3, 0.4) is 0 Å². The lowest BCUT2D eigenvalue weighted by Gasteiger charge is -2.40. The highest BCUT2D eigenvalue weighted by molar-refractivity contribution is 6.74. The zero-order valence-corrected chi connectivity index (χ0v) is 16.8. The fourth-order valence-corrected chi connectivity index (χ4v) is 3.53. The molecule has 5 nitrogen and oxygen atoms in total. The Balaban J connectivity index is 2.76. The molecule has 0 bridgehead atoms. The molecule has 23 heavy (non-hydrogen) atoms. The molecule has 1 aliphatic heterocycles. The molecule has 0 aliphatic carbocycles. The molecule has 134 valence electrons. The molecule has 0 radical (unpaired) electrons. The van der Waals surface area contributed by atoms with Crippen molar-refractivity contribution in [1.29, 1.82) is 0 Å². The van der Waals surface area contributed by atoms with E-state index in [-0.39, 0.29) is 35.4 Å². The summed E-state index contributed by atoms with van der Waals surface area (Å²) in [4.78, 5) is 24.1. The van der Waals surface area contributed by atoms with E-state index in [4.69, 9.17) is 13.9 Å². The first-order valence-electron chi connectivity index (χ1n) is 8.30. The second-order valence-corrected chi connectivity index (χ2v) is 12.9. The van der Waals surface area contributed by atoms with E-state index in [9.17, 15) is 9.59 Å². The van der Waals surface area contributed by atoms with Crippen molar-refractivity contribution in [2.45, 2.75) is 71.4 Å². The number of Topliss-reactive ketones (excluding diaryl/α,β-unsaturated/α-hetero) is 1. The lowest BCUT2D eigenvalue weighted by Crippen LogP contribution is -2.50. The molecule has 0 spiro atoms.